The Morgan fingerprint density at radius 2 is 1.86 bits per heavy atom. The highest BCUT2D eigenvalue weighted by molar-refractivity contribution is 5.85. The molecule has 3 aromatic rings. The van der Waals surface area contributed by atoms with E-state index in [1.807, 2.05) is 0 Å². The molecule has 0 bridgehead atoms. The summed E-state index contributed by atoms with van der Waals surface area (Å²) in [5, 5.41) is 3.02. The lowest BCUT2D eigenvalue weighted by molar-refractivity contribution is -0.379. The summed E-state index contributed by atoms with van der Waals surface area (Å²) in [6, 6.07) is 14.1. The van der Waals surface area contributed by atoms with Gasteiger partial charge in [0.1, 0.15) is 23.2 Å². The number of benzene rings is 2. The molecule has 28 heavy (non-hydrogen) atoms. The maximum absolute atomic E-state index is 14.5. The minimum absolute atomic E-state index is 0.294. The van der Waals surface area contributed by atoms with Gasteiger partial charge in [-0.05, 0) is 35.9 Å². The second-order valence-corrected chi connectivity index (χ2v) is 6.05. The van der Waals surface area contributed by atoms with Gasteiger partial charge in [-0.1, -0.05) is 12.1 Å². The van der Waals surface area contributed by atoms with Gasteiger partial charge < -0.3 is 16.8 Å². The van der Waals surface area contributed by atoms with Crippen molar-refractivity contribution in [3.63, 3.8) is 0 Å². The van der Waals surface area contributed by atoms with Gasteiger partial charge in [-0.15, -0.1) is 0 Å². The molecule has 5 nitrogen and oxygen atoms in total. The van der Waals surface area contributed by atoms with Crippen LogP contribution in [0.5, 0.6) is 0 Å². The van der Waals surface area contributed by atoms with Crippen LogP contribution in [0.3, 0.4) is 0 Å². The van der Waals surface area contributed by atoms with Gasteiger partial charge in [0, 0.05) is 30.8 Å². The van der Waals surface area contributed by atoms with Crippen molar-refractivity contribution in [2.45, 2.75) is 6.42 Å². The van der Waals surface area contributed by atoms with Gasteiger partial charge in [0.2, 0.25) is 5.69 Å². The molecule has 2 aromatic carbocycles. The van der Waals surface area contributed by atoms with E-state index in [1.165, 1.54) is 24.4 Å². The zero-order chi connectivity index (χ0) is 19.9. The summed E-state index contributed by atoms with van der Waals surface area (Å²) in [7, 11) is 0. The van der Waals surface area contributed by atoms with Crippen molar-refractivity contribution >= 4 is 29.0 Å². The molecule has 0 radical (unpaired) electrons. The average Bonchev–Trinajstić information content (AvgIpc) is 2.67. The van der Waals surface area contributed by atoms with E-state index in [-0.39, 0.29) is 5.82 Å². The topological polar surface area (TPSA) is 90.6 Å². The number of aromatic amines is 1. The van der Waals surface area contributed by atoms with E-state index in [1.54, 1.807) is 48.7 Å². The molecule has 0 fully saturated rings. The summed E-state index contributed by atoms with van der Waals surface area (Å²) < 4.78 is 27.5. The number of rotatable bonds is 6. The fourth-order valence-corrected chi connectivity index (χ4v) is 2.63. The number of aliphatic imine (C=N–C) groups is 1. The van der Waals surface area contributed by atoms with Crippen molar-refractivity contribution in [2.75, 3.05) is 5.32 Å². The number of pyridine rings is 1. The second-order valence-electron chi connectivity index (χ2n) is 6.05. The maximum atomic E-state index is 14.5. The Bertz CT molecular complexity index is 1010. The zero-order valence-corrected chi connectivity index (χ0v) is 15.0. The number of amidine groups is 1. The normalized spacial score (nSPS) is 11.7. The van der Waals surface area contributed by atoms with Crippen molar-refractivity contribution in [1.82, 2.24) is 0 Å². The van der Waals surface area contributed by atoms with Gasteiger partial charge in [-0.25, -0.2) is 18.8 Å². The lowest BCUT2D eigenvalue weighted by Gasteiger charge is -2.08. The Hall–Kier alpha value is -3.74. The van der Waals surface area contributed by atoms with Gasteiger partial charge in [0.25, 0.3) is 0 Å². The number of nitrogens with two attached hydrogens (primary N) is 2. The fraction of sp³-hybridized carbons (Fsp3) is 0.0476. The molecule has 0 unspecified atom stereocenters. The zero-order valence-electron chi connectivity index (χ0n) is 15.0. The van der Waals surface area contributed by atoms with E-state index < -0.39 is 5.82 Å². The maximum Gasteiger partial charge on any atom is 0.228 e. The molecule has 7 heteroatoms. The summed E-state index contributed by atoms with van der Waals surface area (Å²) in [4.78, 5) is 7.26. The van der Waals surface area contributed by atoms with Crippen LogP contribution in [0.2, 0.25) is 0 Å². The molecule has 1 aromatic heterocycles. The summed E-state index contributed by atoms with van der Waals surface area (Å²) in [5.74, 6) is -0.479. The van der Waals surface area contributed by atoms with Crippen molar-refractivity contribution in [3.8, 4) is 0 Å². The van der Waals surface area contributed by atoms with Gasteiger partial charge >= 0.3 is 0 Å². The minimum Gasteiger partial charge on any atom is -0.404 e. The van der Waals surface area contributed by atoms with Crippen LogP contribution in [-0.4, -0.2) is 5.84 Å². The summed E-state index contributed by atoms with van der Waals surface area (Å²) in [5.41, 5.74) is 14.3. The standard InChI is InChI=1S/C21H19F2N5/c22-15-5-3-14(4-6-15)12-21(25)27-16-7-8-18(17(23)13-16)28-20-2-1-11-26-19(20)9-10-24/h1-11,13,28H,12,24H2,(H2,25,27)/p+1. The molecule has 0 saturated carbocycles. The number of hydrogen-bond acceptors (Lipinski definition) is 3. The van der Waals surface area contributed by atoms with E-state index in [9.17, 15) is 8.78 Å². The Balaban J connectivity index is 1.76. The molecule has 142 valence electrons. The van der Waals surface area contributed by atoms with Crippen molar-refractivity contribution in [2.24, 2.45) is 16.5 Å². The third kappa shape index (κ3) is 4.91. The molecule has 0 aliphatic heterocycles. The van der Waals surface area contributed by atoms with Crippen LogP contribution in [0.1, 0.15) is 11.3 Å². The highest BCUT2D eigenvalue weighted by atomic mass is 19.1. The number of anilines is 2. The number of halogens is 2. The lowest BCUT2D eigenvalue weighted by atomic mass is 10.1. The number of nitrogens with one attached hydrogen (secondary N) is 2. The molecule has 0 atom stereocenters. The van der Waals surface area contributed by atoms with Crippen molar-refractivity contribution in [3.05, 3.63) is 89.9 Å². The predicted molar refractivity (Wildman–Crippen MR) is 107 cm³/mol. The van der Waals surface area contributed by atoms with E-state index in [0.29, 0.717) is 29.3 Å². The fourth-order valence-electron chi connectivity index (χ4n) is 2.63. The first-order valence-electron chi connectivity index (χ1n) is 8.58. The third-order valence-electron chi connectivity index (χ3n) is 3.94. The Kier molecular flexibility index (Phi) is 5.96. The van der Waals surface area contributed by atoms with Crippen molar-refractivity contribution < 1.29 is 13.8 Å². The Labute approximate surface area is 161 Å². The van der Waals surface area contributed by atoms with Crippen LogP contribution >= 0.6 is 0 Å². The molecular weight excluding hydrogens is 360 g/mol. The van der Waals surface area contributed by atoms with Crippen LogP contribution in [0.4, 0.5) is 25.8 Å². The van der Waals surface area contributed by atoms with E-state index in [2.05, 4.69) is 15.3 Å². The first-order chi connectivity index (χ1) is 13.5. The molecule has 0 spiro atoms. The Morgan fingerprint density at radius 3 is 2.57 bits per heavy atom. The van der Waals surface area contributed by atoms with Crippen LogP contribution in [0.15, 0.2) is 72.0 Å². The van der Waals surface area contributed by atoms with Crippen LogP contribution in [0.25, 0.3) is 6.08 Å². The first kappa shape index (κ1) is 19.0. The average molecular weight is 380 g/mol. The van der Waals surface area contributed by atoms with Gasteiger partial charge in [-0.2, -0.15) is 0 Å². The van der Waals surface area contributed by atoms with Crippen molar-refractivity contribution in [1.29, 1.82) is 0 Å². The van der Waals surface area contributed by atoms with Crippen LogP contribution < -0.4 is 21.8 Å². The molecule has 6 N–H and O–H groups in total. The highest BCUT2D eigenvalue weighted by Crippen LogP contribution is 2.25. The predicted octanol–water partition coefficient (Wildman–Crippen LogP) is 3.68. The molecule has 3 rings (SSSR count). The quantitative estimate of drug-likeness (QED) is 0.450. The minimum atomic E-state index is -0.470. The van der Waals surface area contributed by atoms with Gasteiger partial charge in [0.15, 0.2) is 6.20 Å². The van der Waals surface area contributed by atoms with Crippen LogP contribution in [0, 0.1) is 11.6 Å². The molecule has 1 heterocycles. The second kappa shape index (κ2) is 8.77. The lowest BCUT2D eigenvalue weighted by Crippen LogP contribution is -2.14. The number of hydrogen-bond donors (Lipinski definition) is 3. The monoisotopic (exact) mass is 380 g/mol. The largest absolute Gasteiger partial charge is 0.404 e. The van der Waals surface area contributed by atoms with E-state index >= 15 is 0 Å². The van der Waals surface area contributed by atoms with Gasteiger partial charge in [0.05, 0.1) is 11.4 Å². The smallest absolute Gasteiger partial charge is 0.228 e. The number of nitrogens with zero attached hydrogens (tertiary/aromatic N) is 1. The first-order valence-corrected chi connectivity index (χ1v) is 8.58. The third-order valence-corrected chi connectivity index (χ3v) is 3.94. The highest BCUT2D eigenvalue weighted by Gasteiger charge is 2.10. The molecule has 0 saturated heterocycles. The molecular formula is C21H20F2N5+. The molecule has 0 amide bonds. The number of H-pyrrole nitrogens is 1. The summed E-state index contributed by atoms with van der Waals surface area (Å²) in [6.45, 7) is 0. The molecule has 0 aliphatic rings. The SMILES string of the molecule is NC=Cc1[nH+]cccc1Nc1ccc(N=C(N)Cc2ccc(F)cc2)cc1F. The van der Waals surface area contributed by atoms with Crippen LogP contribution in [-0.2, 0) is 6.42 Å². The summed E-state index contributed by atoms with van der Waals surface area (Å²) in [6.07, 6.45) is 5.17. The number of aromatic nitrogens is 1. The van der Waals surface area contributed by atoms with E-state index in [0.717, 1.165) is 11.3 Å². The summed E-state index contributed by atoms with van der Waals surface area (Å²) >= 11 is 0. The Morgan fingerprint density at radius 1 is 1.07 bits per heavy atom. The van der Waals surface area contributed by atoms with E-state index in [4.69, 9.17) is 11.5 Å². The van der Waals surface area contributed by atoms with Gasteiger partial charge in [-0.3, -0.25) is 0 Å². The molecule has 0 aliphatic carbocycles.